The highest BCUT2D eigenvalue weighted by Crippen LogP contribution is 2.13. The van der Waals surface area contributed by atoms with E-state index in [0.29, 0.717) is 16.7 Å². The third-order valence-electron chi connectivity index (χ3n) is 1.78. The third kappa shape index (κ3) is 1.98. The highest BCUT2D eigenvalue weighted by Gasteiger charge is 2.04. The zero-order valence-corrected chi connectivity index (χ0v) is 8.78. The van der Waals surface area contributed by atoms with E-state index in [0.717, 1.165) is 0 Å². The summed E-state index contributed by atoms with van der Waals surface area (Å²) in [5.74, 6) is -0.312. The van der Waals surface area contributed by atoms with Crippen LogP contribution in [0.4, 0.5) is 4.39 Å². The Kier molecular flexibility index (Phi) is 2.58. The number of hydrogen-bond donors (Lipinski definition) is 0. The van der Waals surface area contributed by atoms with Crippen molar-refractivity contribution in [3.05, 3.63) is 47.0 Å². The van der Waals surface area contributed by atoms with Crippen molar-refractivity contribution < 1.29 is 4.39 Å². The average Bonchev–Trinajstić information content (AvgIpc) is 2.62. The largest absolute Gasteiger partial charge is 0.331 e. The molecule has 0 bridgehead atoms. The van der Waals surface area contributed by atoms with Crippen molar-refractivity contribution in [2.24, 2.45) is 0 Å². The number of pyridine rings is 1. The van der Waals surface area contributed by atoms with E-state index in [9.17, 15) is 4.39 Å². The van der Waals surface area contributed by atoms with Crippen molar-refractivity contribution in [2.75, 3.05) is 0 Å². The van der Waals surface area contributed by atoms with Gasteiger partial charge in [-0.2, -0.15) is 0 Å². The summed E-state index contributed by atoms with van der Waals surface area (Å²) in [4.78, 5) is 7.85. The summed E-state index contributed by atoms with van der Waals surface area (Å²) in [7, 11) is 0. The lowest BCUT2D eigenvalue weighted by Gasteiger charge is -2.02. The minimum atomic E-state index is -0.312. The van der Waals surface area contributed by atoms with Crippen LogP contribution in [0.25, 0.3) is 0 Å². The first-order valence-electron chi connectivity index (χ1n) is 4.01. The summed E-state index contributed by atoms with van der Waals surface area (Å²) < 4.78 is 15.7. The van der Waals surface area contributed by atoms with Crippen LogP contribution in [-0.2, 0) is 6.54 Å². The Morgan fingerprint density at radius 1 is 1.50 bits per heavy atom. The molecule has 0 saturated heterocycles. The predicted octanol–water partition coefficient (Wildman–Crippen LogP) is 2.23. The molecule has 0 aliphatic rings. The molecule has 0 aliphatic carbocycles. The van der Waals surface area contributed by atoms with Crippen LogP contribution in [0.2, 0.25) is 0 Å². The average molecular weight is 256 g/mol. The van der Waals surface area contributed by atoms with Crippen LogP contribution in [0.15, 0.2) is 35.5 Å². The Labute approximate surface area is 88.7 Å². The van der Waals surface area contributed by atoms with Crippen LogP contribution in [0.1, 0.15) is 5.69 Å². The standard InChI is InChI=1S/C9H7BrFN3/c10-7-3-8(11)9(13-4-7)5-14-2-1-12-6-14/h1-4,6H,5H2. The molecule has 72 valence electrons. The van der Waals surface area contributed by atoms with Gasteiger partial charge in [-0.1, -0.05) is 0 Å². The van der Waals surface area contributed by atoms with E-state index < -0.39 is 0 Å². The van der Waals surface area contributed by atoms with E-state index in [1.54, 1.807) is 29.5 Å². The minimum Gasteiger partial charge on any atom is -0.331 e. The van der Waals surface area contributed by atoms with E-state index in [1.807, 2.05) is 0 Å². The summed E-state index contributed by atoms with van der Waals surface area (Å²) in [6.45, 7) is 0.402. The van der Waals surface area contributed by atoms with Crippen LogP contribution in [0, 0.1) is 5.82 Å². The lowest BCUT2D eigenvalue weighted by atomic mass is 10.3. The second-order valence-corrected chi connectivity index (χ2v) is 3.73. The van der Waals surface area contributed by atoms with Crippen molar-refractivity contribution in [1.82, 2.24) is 14.5 Å². The van der Waals surface area contributed by atoms with Gasteiger partial charge in [0.25, 0.3) is 0 Å². The molecule has 2 aromatic rings. The fourth-order valence-electron chi connectivity index (χ4n) is 1.11. The highest BCUT2D eigenvalue weighted by atomic mass is 79.9. The van der Waals surface area contributed by atoms with Gasteiger partial charge in [-0.3, -0.25) is 4.98 Å². The molecule has 2 heterocycles. The maximum Gasteiger partial charge on any atom is 0.147 e. The molecule has 3 nitrogen and oxygen atoms in total. The van der Waals surface area contributed by atoms with Gasteiger partial charge in [-0.25, -0.2) is 9.37 Å². The molecule has 2 rings (SSSR count). The molecular formula is C9H7BrFN3. The molecular weight excluding hydrogens is 249 g/mol. The SMILES string of the molecule is Fc1cc(Br)cnc1Cn1ccnc1. The number of hydrogen-bond acceptors (Lipinski definition) is 2. The van der Waals surface area contributed by atoms with E-state index in [1.165, 1.54) is 6.07 Å². The molecule has 0 aromatic carbocycles. The Bertz CT molecular complexity index is 428. The number of rotatable bonds is 2. The van der Waals surface area contributed by atoms with Crippen LogP contribution in [0.3, 0.4) is 0 Å². The van der Waals surface area contributed by atoms with Crippen molar-refractivity contribution in [3.63, 3.8) is 0 Å². The van der Waals surface area contributed by atoms with E-state index in [2.05, 4.69) is 25.9 Å². The van der Waals surface area contributed by atoms with Gasteiger partial charge in [0, 0.05) is 23.1 Å². The third-order valence-corrected chi connectivity index (χ3v) is 2.21. The smallest absolute Gasteiger partial charge is 0.147 e. The minimum absolute atomic E-state index is 0.312. The quantitative estimate of drug-likeness (QED) is 0.824. The number of nitrogens with zero attached hydrogens (tertiary/aromatic N) is 3. The lowest BCUT2D eigenvalue weighted by Crippen LogP contribution is -2.02. The van der Waals surface area contributed by atoms with Crippen LogP contribution in [-0.4, -0.2) is 14.5 Å². The molecule has 0 atom stereocenters. The van der Waals surface area contributed by atoms with Crippen LogP contribution < -0.4 is 0 Å². The van der Waals surface area contributed by atoms with Gasteiger partial charge in [0.15, 0.2) is 0 Å². The van der Waals surface area contributed by atoms with Gasteiger partial charge in [-0.05, 0) is 22.0 Å². The second kappa shape index (κ2) is 3.88. The van der Waals surface area contributed by atoms with Gasteiger partial charge in [-0.15, -0.1) is 0 Å². The Balaban J connectivity index is 2.25. The van der Waals surface area contributed by atoms with Gasteiger partial charge in [0.2, 0.25) is 0 Å². The van der Waals surface area contributed by atoms with Gasteiger partial charge in [0.1, 0.15) is 5.82 Å². The molecule has 0 N–H and O–H groups in total. The first-order chi connectivity index (χ1) is 6.75. The van der Waals surface area contributed by atoms with Crippen LogP contribution >= 0.6 is 15.9 Å². The molecule has 0 fully saturated rings. The molecule has 5 heteroatoms. The van der Waals surface area contributed by atoms with Crippen molar-refractivity contribution in [3.8, 4) is 0 Å². The summed E-state index contributed by atoms with van der Waals surface area (Å²) in [5.41, 5.74) is 0.409. The molecule has 2 aromatic heterocycles. The van der Waals surface area contributed by atoms with Crippen molar-refractivity contribution in [2.45, 2.75) is 6.54 Å². The second-order valence-electron chi connectivity index (χ2n) is 2.82. The van der Waals surface area contributed by atoms with E-state index in [-0.39, 0.29) is 5.82 Å². The van der Waals surface area contributed by atoms with Crippen molar-refractivity contribution >= 4 is 15.9 Å². The first-order valence-corrected chi connectivity index (χ1v) is 4.80. The number of halogens is 2. The predicted molar refractivity (Wildman–Crippen MR) is 53.2 cm³/mol. The zero-order valence-electron chi connectivity index (χ0n) is 7.19. The lowest BCUT2D eigenvalue weighted by molar-refractivity contribution is 0.585. The topological polar surface area (TPSA) is 30.7 Å². The summed E-state index contributed by atoms with van der Waals surface area (Å²) in [6.07, 6.45) is 6.62. The molecule has 0 aliphatic heterocycles. The Morgan fingerprint density at radius 2 is 2.36 bits per heavy atom. The maximum absolute atomic E-state index is 13.3. The number of imidazole rings is 1. The van der Waals surface area contributed by atoms with E-state index >= 15 is 0 Å². The summed E-state index contributed by atoms with van der Waals surface area (Å²) in [5, 5.41) is 0. The molecule has 0 amide bonds. The highest BCUT2D eigenvalue weighted by molar-refractivity contribution is 9.10. The molecule has 0 spiro atoms. The summed E-state index contributed by atoms with van der Waals surface area (Å²) >= 11 is 3.15. The van der Waals surface area contributed by atoms with Gasteiger partial charge in [0.05, 0.1) is 18.6 Å². The monoisotopic (exact) mass is 255 g/mol. The first kappa shape index (κ1) is 9.33. The van der Waals surface area contributed by atoms with E-state index in [4.69, 9.17) is 0 Å². The van der Waals surface area contributed by atoms with Gasteiger partial charge >= 0.3 is 0 Å². The Hall–Kier alpha value is -1.23. The van der Waals surface area contributed by atoms with Crippen LogP contribution in [0.5, 0.6) is 0 Å². The Morgan fingerprint density at radius 3 is 3.00 bits per heavy atom. The zero-order chi connectivity index (χ0) is 9.97. The molecule has 14 heavy (non-hydrogen) atoms. The molecule has 0 saturated carbocycles. The summed E-state index contributed by atoms with van der Waals surface area (Å²) in [6, 6.07) is 1.40. The van der Waals surface area contributed by atoms with Crippen molar-refractivity contribution in [1.29, 1.82) is 0 Å². The maximum atomic E-state index is 13.3. The molecule has 0 unspecified atom stereocenters. The number of aromatic nitrogens is 3. The molecule has 0 radical (unpaired) electrons. The van der Waals surface area contributed by atoms with Gasteiger partial charge < -0.3 is 4.57 Å². The fraction of sp³-hybridized carbons (Fsp3) is 0.111. The fourth-order valence-corrected chi connectivity index (χ4v) is 1.42. The normalized spacial score (nSPS) is 10.4.